The van der Waals surface area contributed by atoms with Crippen molar-refractivity contribution >= 4 is 65.2 Å². The van der Waals surface area contributed by atoms with Crippen molar-refractivity contribution in [1.82, 2.24) is 15.0 Å². The van der Waals surface area contributed by atoms with Gasteiger partial charge in [0.15, 0.2) is 5.58 Å². The van der Waals surface area contributed by atoms with Crippen LogP contribution in [0.3, 0.4) is 0 Å². The zero-order valence-electron chi connectivity index (χ0n) is 29.2. The van der Waals surface area contributed by atoms with Crippen LogP contribution >= 0.6 is 0 Å². The molecule has 11 rings (SSSR count). The van der Waals surface area contributed by atoms with Crippen LogP contribution in [-0.2, 0) is 0 Å². The molecule has 3 heterocycles. The largest absolute Gasteiger partial charge is 0.505 e. The number of aromatic hydroxyl groups is 2. The summed E-state index contributed by atoms with van der Waals surface area (Å²) in [6.45, 7) is 0. The first kappa shape index (κ1) is 31.0. The molecule has 8 aromatic carbocycles. The summed E-state index contributed by atoms with van der Waals surface area (Å²) >= 11 is 0. The lowest BCUT2D eigenvalue weighted by Crippen LogP contribution is -1.94. The highest BCUT2D eigenvalue weighted by atomic mass is 16.3. The molecule has 0 atom stereocenters. The zero-order chi connectivity index (χ0) is 36.6. The molecule has 0 saturated heterocycles. The molecule has 3 aromatic heterocycles. The van der Waals surface area contributed by atoms with E-state index in [1.807, 2.05) is 97.1 Å². The van der Waals surface area contributed by atoms with Crippen LogP contribution < -0.4 is 0 Å². The van der Waals surface area contributed by atoms with Crippen LogP contribution in [0, 0.1) is 0 Å². The molecule has 0 aliphatic rings. The Labute approximate surface area is 314 Å². The molecule has 0 spiro atoms. The van der Waals surface area contributed by atoms with Gasteiger partial charge >= 0.3 is 0 Å². The quantitative estimate of drug-likeness (QED) is 0.140. The van der Waals surface area contributed by atoms with Gasteiger partial charge in [-0.1, -0.05) is 103 Å². The number of para-hydroxylation sites is 2. The molecular formula is C49H29N3O3. The van der Waals surface area contributed by atoms with E-state index in [1.54, 1.807) is 12.4 Å². The van der Waals surface area contributed by atoms with E-state index in [4.69, 9.17) is 9.40 Å². The molecular weight excluding hydrogens is 679 g/mol. The Hall–Kier alpha value is -7.57. The molecule has 55 heavy (non-hydrogen) atoms. The monoisotopic (exact) mass is 707 g/mol. The maximum Gasteiger partial charge on any atom is 0.227 e. The van der Waals surface area contributed by atoms with E-state index in [0.29, 0.717) is 28.1 Å². The Bertz CT molecular complexity index is 3320. The Morgan fingerprint density at radius 1 is 0.418 bits per heavy atom. The van der Waals surface area contributed by atoms with E-state index in [1.165, 1.54) is 0 Å². The van der Waals surface area contributed by atoms with Crippen LogP contribution in [-0.4, -0.2) is 25.2 Å². The molecule has 11 aromatic rings. The smallest absolute Gasteiger partial charge is 0.227 e. The SMILES string of the molecule is Oc1c(-c2c3ccccc3c(-c3ccc4cccnc4c3O)c3c2ccc2c(-c4ccc(-c5nc6ccccc6o5)cc4)cccc23)ccc2cccnc12. The summed E-state index contributed by atoms with van der Waals surface area (Å²) in [4.78, 5) is 13.9. The summed E-state index contributed by atoms with van der Waals surface area (Å²) in [6.07, 6.45) is 3.41. The van der Waals surface area contributed by atoms with Gasteiger partial charge in [0.25, 0.3) is 0 Å². The average molecular weight is 708 g/mol. The number of hydrogen-bond acceptors (Lipinski definition) is 6. The maximum absolute atomic E-state index is 12.0. The van der Waals surface area contributed by atoms with Crippen molar-refractivity contribution in [2.75, 3.05) is 0 Å². The first-order valence-corrected chi connectivity index (χ1v) is 18.1. The van der Waals surface area contributed by atoms with Crippen LogP contribution in [0.15, 0.2) is 168 Å². The second-order valence-electron chi connectivity index (χ2n) is 13.8. The second-order valence-corrected chi connectivity index (χ2v) is 13.8. The molecule has 258 valence electrons. The van der Waals surface area contributed by atoms with Gasteiger partial charge in [-0.05, 0) is 92.0 Å². The van der Waals surface area contributed by atoms with Gasteiger partial charge in [0.2, 0.25) is 5.89 Å². The van der Waals surface area contributed by atoms with Crippen LogP contribution in [0.5, 0.6) is 11.5 Å². The van der Waals surface area contributed by atoms with Crippen molar-refractivity contribution < 1.29 is 14.6 Å². The zero-order valence-corrected chi connectivity index (χ0v) is 29.2. The number of pyridine rings is 2. The first-order valence-electron chi connectivity index (χ1n) is 18.1. The molecule has 0 bridgehead atoms. The van der Waals surface area contributed by atoms with Gasteiger partial charge in [0.05, 0.1) is 0 Å². The van der Waals surface area contributed by atoms with Gasteiger partial charge in [-0.25, -0.2) is 4.98 Å². The van der Waals surface area contributed by atoms with Gasteiger partial charge in [-0.2, -0.15) is 0 Å². The van der Waals surface area contributed by atoms with E-state index < -0.39 is 0 Å². The van der Waals surface area contributed by atoms with Gasteiger partial charge in [-0.3, -0.25) is 9.97 Å². The molecule has 0 unspecified atom stereocenters. The molecule has 0 saturated carbocycles. The second kappa shape index (κ2) is 12.0. The Balaban J connectivity index is 1.22. The normalized spacial score (nSPS) is 11.8. The predicted octanol–water partition coefficient (Wildman–Crippen LogP) is 12.5. The summed E-state index contributed by atoms with van der Waals surface area (Å²) in [6, 6.07) is 50.7. The Kier molecular flexibility index (Phi) is 6.75. The number of hydrogen-bond donors (Lipinski definition) is 2. The number of phenols is 2. The van der Waals surface area contributed by atoms with Crippen molar-refractivity contribution in [2.24, 2.45) is 0 Å². The summed E-state index contributed by atoms with van der Waals surface area (Å²) < 4.78 is 6.07. The van der Waals surface area contributed by atoms with Crippen molar-refractivity contribution in [1.29, 1.82) is 0 Å². The molecule has 0 amide bonds. The number of benzene rings is 8. The van der Waals surface area contributed by atoms with Crippen molar-refractivity contribution in [3.05, 3.63) is 164 Å². The average Bonchev–Trinajstić information content (AvgIpc) is 3.68. The molecule has 0 radical (unpaired) electrons. The lowest BCUT2D eigenvalue weighted by atomic mass is 9.82. The standard InChI is InChI=1S/C49H29N3O3/c53-47-38(22-20-29-8-6-26-50-45(29)47)42-35-10-1-2-11-36(35)44(39-23-21-30-9-7-27-51-46(30)48(39)54)43-34-13-5-12-32(33(34)24-25-37(42)43)28-16-18-31(19-17-28)49-52-40-14-3-4-15-41(40)55-49/h1-27,53-54H. The summed E-state index contributed by atoms with van der Waals surface area (Å²) in [5.74, 6) is 0.832. The third-order valence-corrected chi connectivity index (χ3v) is 10.8. The number of fused-ring (bicyclic) bond motifs is 7. The van der Waals surface area contributed by atoms with E-state index in [-0.39, 0.29) is 11.5 Å². The number of nitrogens with zero attached hydrogens (tertiary/aromatic N) is 3. The minimum absolute atomic E-state index is 0.123. The van der Waals surface area contributed by atoms with Crippen LogP contribution in [0.25, 0.3) is 110 Å². The molecule has 6 heteroatoms. The fraction of sp³-hybridized carbons (Fsp3) is 0. The lowest BCUT2D eigenvalue weighted by molar-refractivity contribution is 0.482. The number of phenolic OH excluding ortho intramolecular Hbond substituents is 2. The topological polar surface area (TPSA) is 92.3 Å². The van der Waals surface area contributed by atoms with Crippen LogP contribution in [0.4, 0.5) is 0 Å². The van der Waals surface area contributed by atoms with Gasteiger partial charge in [0, 0.05) is 51.0 Å². The minimum Gasteiger partial charge on any atom is -0.505 e. The van der Waals surface area contributed by atoms with E-state index in [0.717, 1.165) is 82.0 Å². The molecule has 0 aliphatic heterocycles. The fourth-order valence-corrected chi connectivity index (χ4v) is 8.31. The number of rotatable bonds is 4. The summed E-state index contributed by atoms with van der Waals surface area (Å²) in [5, 5.41) is 31.5. The Morgan fingerprint density at radius 3 is 1.73 bits per heavy atom. The molecule has 0 aliphatic carbocycles. The highest BCUT2D eigenvalue weighted by molar-refractivity contribution is 6.30. The van der Waals surface area contributed by atoms with Gasteiger partial charge in [-0.15, -0.1) is 0 Å². The third kappa shape index (κ3) is 4.71. The molecule has 0 fully saturated rings. The fourth-order valence-electron chi connectivity index (χ4n) is 8.31. The Morgan fingerprint density at radius 2 is 1.02 bits per heavy atom. The number of oxazole rings is 1. The minimum atomic E-state index is 0.123. The maximum atomic E-state index is 12.0. The lowest BCUT2D eigenvalue weighted by Gasteiger charge is -2.21. The highest BCUT2D eigenvalue weighted by Gasteiger charge is 2.24. The van der Waals surface area contributed by atoms with E-state index >= 15 is 0 Å². The highest BCUT2D eigenvalue weighted by Crippen LogP contribution is 2.51. The molecule has 6 nitrogen and oxygen atoms in total. The van der Waals surface area contributed by atoms with Crippen molar-refractivity contribution in [2.45, 2.75) is 0 Å². The van der Waals surface area contributed by atoms with Crippen molar-refractivity contribution in [3.63, 3.8) is 0 Å². The van der Waals surface area contributed by atoms with Crippen LogP contribution in [0.1, 0.15) is 0 Å². The summed E-state index contributed by atoms with van der Waals surface area (Å²) in [5.41, 5.74) is 8.84. The predicted molar refractivity (Wildman–Crippen MR) is 222 cm³/mol. The number of aromatic nitrogens is 3. The third-order valence-electron chi connectivity index (χ3n) is 10.8. The van der Waals surface area contributed by atoms with Gasteiger partial charge in [0.1, 0.15) is 28.0 Å². The first-order chi connectivity index (χ1) is 27.1. The summed E-state index contributed by atoms with van der Waals surface area (Å²) in [7, 11) is 0. The van der Waals surface area contributed by atoms with E-state index in [2.05, 4.69) is 64.6 Å². The van der Waals surface area contributed by atoms with Crippen LogP contribution in [0.2, 0.25) is 0 Å². The molecule has 2 N–H and O–H groups in total. The van der Waals surface area contributed by atoms with Gasteiger partial charge < -0.3 is 14.6 Å². The van der Waals surface area contributed by atoms with E-state index in [9.17, 15) is 10.2 Å². The van der Waals surface area contributed by atoms with Crippen molar-refractivity contribution in [3.8, 4) is 56.3 Å².